The number of carbonyl (C=O) groups excluding carboxylic acids is 1. The average molecular weight is 318 g/mol. The molecule has 4 fully saturated rings. The molecule has 4 saturated carbocycles. The molecule has 0 aromatic heterocycles. The average Bonchev–Trinajstić information content (AvgIpc) is 2.67. The van der Waals surface area contributed by atoms with E-state index in [-0.39, 0.29) is 34.9 Å². The number of carbonyl (C=O) groups is 2. The molecule has 4 heteroatoms. The highest BCUT2D eigenvalue weighted by Crippen LogP contribution is 2.69. The summed E-state index contributed by atoms with van der Waals surface area (Å²) in [7, 11) is 0. The van der Waals surface area contributed by atoms with E-state index in [4.69, 9.17) is 0 Å². The van der Waals surface area contributed by atoms with Gasteiger partial charge < -0.3 is 10.2 Å². The van der Waals surface area contributed by atoms with E-state index in [1.54, 1.807) is 0 Å². The van der Waals surface area contributed by atoms with Crippen molar-refractivity contribution in [3.05, 3.63) is 12.2 Å². The monoisotopic (exact) mass is 318 g/mol. The van der Waals surface area contributed by atoms with Crippen LogP contribution >= 0.6 is 0 Å². The highest BCUT2D eigenvalue weighted by atomic mass is 16.4. The van der Waals surface area contributed by atoms with Gasteiger partial charge in [-0.1, -0.05) is 19.9 Å². The van der Waals surface area contributed by atoms with E-state index in [0.717, 1.165) is 38.5 Å². The maximum Gasteiger partial charge on any atom is 0.306 e. The van der Waals surface area contributed by atoms with Crippen molar-refractivity contribution in [3.63, 3.8) is 0 Å². The number of rotatable bonds is 1. The smallest absolute Gasteiger partial charge is 0.306 e. The van der Waals surface area contributed by atoms with Gasteiger partial charge in [0.25, 0.3) is 0 Å². The Morgan fingerprint density at radius 3 is 2.74 bits per heavy atom. The summed E-state index contributed by atoms with van der Waals surface area (Å²) in [5.41, 5.74) is -0.00543. The molecule has 4 aliphatic rings. The van der Waals surface area contributed by atoms with Gasteiger partial charge in [-0.2, -0.15) is 0 Å². The standard InChI is InChI=1S/C19H26O4/c1-10-11-8-14(20)15-18(2)6-3-4-12(17(22)23)13(18)5-7-19(15,9-11)16(10)21/h11-15,20H,1,3-9H2,2H3,(H,22,23)/t11-,12-,13+,14+,15+,18-,19-/m1/s1. The molecule has 0 aromatic carbocycles. The van der Waals surface area contributed by atoms with Gasteiger partial charge >= 0.3 is 5.97 Å². The van der Waals surface area contributed by atoms with Crippen molar-refractivity contribution in [2.24, 2.45) is 34.5 Å². The van der Waals surface area contributed by atoms with Crippen molar-refractivity contribution in [2.45, 2.75) is 58.0 Å². The number of ketones is 1. The van der Waals surface area contributed by atoms with Crippen molar-refractivity contribution in [1.29, 1.82) is 0 Å². The summed E-state index contributed by atoms with van der Waals surface area (Å²) in [6, 6.07) is 0. The minimum atomic E-state index is -0.706. The fourth-order valence-corrected chi connectivity index (χ4v) is 7.07. The lowest BCUT2D eigenvalue weighted by Gasteiger charge is -2.61. The number of aliphatic hydroxyl groups is 1. The van der Waals surface area contributed by atoms with Gasteiger partial charge in [-0.25, -0.2) is 0 Å². The number of allylic oxidation sites excluding steroid dienone is 1. The number of carboxylic acids is 1. The Morgan fingerprint density at radius 2 is 2.04 bits per heavy atom. The quantitative estimate of drug-likeness (QED) is 0.729. The van der Waals surface area contributed by atoms with Crippen LogP contribution in [0.3, 0.4) is 0 Å². The summed E-state index contributed by atoms with van der Waals surface area (Å²) >= 11 is 0. The number of hydrogen-bond donors (Lipinski definition) is 2. The van der Waals surface area contributed by atoms with E-state index >= 15 is 0 Å². The summed E-state index contributed by atoms with van der Waals surface area (Å²) in [6.45, 7) is 6.16. The Bertz CT molecular complexity index is 596. The van der Waals surface area contributed by atoms with Crippen molar-refractivity contribution < 1.29 is 19.8 Å². The van der Waals surface area contributed by atoms with Crippen LogP contribution in [-0.4, -0.2) is 28.1 Å². The molecular weight excluding hydrogens is 292 g/mol. The third-order valence-electron chi connectivity index (χ3n) is 7.85. The normalized spacial score (nSPS) is 52.0. The number of hydrogen-bond acceptors (Lipinski definition) is 3. The first-order chi connectivity index (χ1) is 10.8. The minimum Gasteiger partial charge on any atom is -0.481 e. The predicted molar refractivity (Wildman–Crippen MR) is 84.6 cm³/mol. The molecule has 0 aliphatic heterocycles. The number of fused-ring (bicyclic) bond motifs is 3. The number of aliphatic hydroxyl groups excluding tert-OH is 1. The van der Waals surface area contributed by atoms with Gasteiger partial charge in [0.15, 0.2) is 5.78 Å². The van der Waals surface area contributed by atoms with Crippen LogP contribution in [0.2, 0.25) is 0 Å². The molecule has 0 aromatic rings. The van der Waals surface area contributed by atoms with Gasteiger partial charge in [0, 0.05) is 11.3 Å². The molecule has 0 amide bonds. The fourth-order valence-electron chi connectivity index (χ4n) is 7.07. The third kappa shape index (κ3) is 1.76. The van der Waals surface area contributed by atoms with Gasteiger partial charge in [-0.05, 0) is 61.3 Å². The molecule has 0 unspecified atom stereocenters. The largest absolute Gasteiger partial charge is 0.481 e. The van der Waals surface area contributed by atoms with Gasteiger partial charge in [-0.3, -0.25) is 9.59 Å². The van der Waals surface area contributed by atoms with Crippen LogP contribution in [0.4, 0.5) is 0 Å². The fraction of sp³-hybridized carbons (Fsp3) is 0.789. The van der Waals surface area contributed by atoms with Gasteiger partial charge in [0.2, 0.25) is 0 Å². The second-order valence-corrected chi connectivity index (χ2v) is 8.68. The van der Waals surface area contributed by atoms with Crippen LogP contribution in [-0.2, 0) is 9.59 Å². The maximum absolute atomic E-state index is 13.0. The second kappa shape index (κ2) is 4.69. The summed E-state index contributed by atoms with van der Waals surface area (Å²) in [5.74, 6) is -0.747. The van der Waals surface area contributed by atoms with Gasteiger partial charge in [0.05, 0.1) is 12.0 Å². The minimum absolute atomic E-state index is 0.0808. The van der Waals surface area contributed by atoms with E-state index in [2.05, 4.69) is 13.5 Å². The van der Waals surface area contributed by atoms with Crippen LogP contribution in [0.1, 0.15) is 51.9 Å². The van der Waals surface area contributed by atoms with Crippen LogP contribution < -0.4 is 0 Å². The lowest BCUT2D eigenvalue weighted by atomic mass is 9.42. The molecule has 0 saturated heterocycles. The van der Waals surface area contributed by atoms with E-state index in [1.165, 1.54) is 0 Å². The Morgan fingerprint density at radius 1 is 1.30 bits per heavy atom. The van der Waals surface area contributed by atoms with Crippen LogP contribution in [0.25, 0.3) is 0 Å². The molecule has 126 valence electrons. The summed E-state index contributed by atoms with van der Waals surface area (Å²) < 4.78 is 0. The number of aliphatic carboxylic acids is 1. The summed E-state index contributed by atoms with van der Waals surface area (Å²) in [5, 5.41) is 20.5. The molecule has 1 spiro atoms. The summed E-state index contributed by atoms with van der Waals surface area (Å²) in [4.78, 5) is 24.7. The molecule has 2 N–H and O–H groups in total. The predicted octanol–water partition coefficient (Wildman–Crippen LogP) is 2.80. The second-order valence-electron chi connectivity index (χ2n) is 8.68. The Balaban J connectivity index is 1.80. The first-order valence-corrected chi connectivity index (χ1v) is 8.96. The van der Waals surface area contributed by atoms with Crippen molar-refractivity contribution in [2.75, 3.05) is 0 Å². The van der Waals surface area contributed by atoms with E-state index in [0.29, 0.717) is 12.0 Å². The maximum atomic E-state index is 13.0. The molecule has 0 heterocycles. The first-order valence-electron chi connectivity index (χ1n) is 8.96. The van der Waals surface area contributed by atoms with Crippen molar-refractivity contribution >= 4 is 11.8 Å². The van der Waals surface area contributed by atoms with E-state index in [9.17, 15) is 19.8 Å². The Labute approximate surface area is 137 Å². The molecular formula is C19H26O4. The van der Waals surface area contributed by atoms with Crippen LogP contribution in [0, 0.1) is 34.5 Å². The lowest BCUT2D eigenvalue weighted by Crippen LogP contribution is -2.60. The molecule has 4 rings (SSSR count). The van der Waals surface area contributed by atoms with Gasteiger partial charge in [0.1, 0.15) is 0 Å². The number of carboxylic acid groups (broad SMARTS) is 1. The molecule has 4 aliphatic carbocycles. The zero-order chi connectivity index (χ0) is 16.6. The molecule has 2 bridgehead atoms. The first kappa shape index (κ1) is 15.4. The van der Waals surface area contributed by atoms with E-state index < -0.39 is 17.5 Å². The zero-order valence-corrected chi connectivity index (χ0v) is 13.8. The van der Waals surface area contributed by atoms with Gasteiger partial charge in [-0.15, -0.1) is 0 Å². The topological polar surface area (TPSA) is 74.6 Å². The third-order valence-corrected chi connectivity index (χ3v) is 7.85. The van der Waals surface area contributed by atoms with E-state index in [1.807, 2.05) is 0 Å². The molecule has 23 heavy (non-hydrogen) atoms. The van der Waals surface area contributed by atoms with Crippen LogP contribution in [0.5, 0.6) is 0 Å². The number of Topliss-reactive ketones (excluding diaryl/α,β-unsaturated/α-hetero) is 1. The highest BCUT2D eigenvalue weighted by molar-refractivity contribution is 6.03. The Kier molecular flexibility index (Phi) is 3.13. The van der Waals surface area contributed by atoms with Crippen molar-refractivity contribution in [3.8, 4) is 0 Å². The Hall–Kier alpha value is -1.16. The lowest BCUT2D eigenvalue weighted by molar-refractivity contribution is -0.184. The van der Waals surface area contributed by atoms with Crippen molar-refractivity contribution in [1.82, 2.24) is 0 Å². The highest BCUT2D eigenvalue weighted by Gasteiger charge is 2.68. The zero-order valence-electron chi connectivity index (χ0n) is 13.8. The van der Waals surface area contributed by atoms with Crippen LogP contribution in [0.15, 0.2) is 12.2 Å². The SMILES string of the molecule is C=C1C(=O)[C@@]23CC[C@H]4[C@H](C(=O)O)CCC[C@@]4(C)[C@@H]2[C@@H](O)C[C@@H]1C3. The molecule has 4 nitrogen and oxygen atoms in total. The molecule has 7 atom stereocenters. The molecule has 0 radical (unpaired) electrons. The summed E-state index contributed by atoms with van der Waals surface area (Å²) in [6.07, 6.45) is 5.00.